The van der Waals surface area contributed by atoms with Crippen LogP contribution < -0.4 is 5.32 Å². The van der Waals surface area contributed by atoms with Crippen LogP contribution >= 0.6 is 0 Å². The molecule has 1 fully saturated rings. The second kappa shape index (κ2) is 4.78. The first kappa shape index (κ1) is 8.94. The first-order chi connectivity index (χ1) is 4.70. The topological polar surface area (TPSA) is 66.4 Å². The first-order valence-electron chi connectivity index (χ1n) is 3.08. The van der Waals surface area contributed by atoms with Crippen LogP contribution in [0.15, 0.2) is 0 Å². The summed E-state index contributed by atoms with van der Waals surface area (Å²) in [6, 6.07) is 0.424. The molecule has 1 amide bonds. The van der Waals surface area contributed by atoms with E-state index in [2.05, 4.69) is 5.32 Å². The van der Waals surface area contributed by atoms with E-state index in [9.17, 15) is 4.79 Å². The number of carbonyl (C=O) groups is 2. The van der Waals surface area contributed by atoms with Crippen LogP contribution in [0.3, 0.4) is 0 Å². The van der Waals surface area contributed by atoms with Crippen LogP contribution in [0.5, 0.6) is 0 Å². The second-order valence-corrected chi connectivity index (χ2v) is 2.11. The maximum absolute atomic E-state index is 10.3. The van der Waals surface area contributed by atoms with E-state index in [0.717, 1.165) is 12.8 Å². The Kier molecular flexibility index (Phi) is 4.28. The van der Waals surface area contributed by atoms with Crippen molar-refractivity contribution in [3.8, 4) is 0 Å². The van der Waals surface area contributed by atoms with Gasteiger partial charge < -0.3 is 10.4 Å². The predicted octanol–water partition coefficient (Wildman–Crippen LogP) is -0.0143. The highest BCUT2D eigenvalue weighted by atomic mass is 16.3. The molecule has 0 aromatic rings. The molecule has 4 nitrogen and oxygen atoms in total. The van der Waals surface area contributed by atoms with Crippen molar-refractivity contribution < 1.29 is 14.7 Å². The predicted molar refractivity (Wildman–Crippen MR) is 35.5 cm³/mol. The van der Waals surface area contributed by atoms with Crippen LogP contribution in [-0.4, -0.2) is 23.5 Å². The molecule has 1 saturated heterocycles. The van der Waals surface area contributed by atoms with Crippen molar-refractivity contribution in [2.24, 2.45) is 0 Å². The van der Waals surface area contributed by atoms with Crippen LogP contribution in [0.4, 0.5) is 0 Å². The summed E-state index contributed by atoms with van der Waals surface area (Å²) in [5.74, 6) is 0.201. The highest BCUT2D eigenvalue weighted by Crippen LogP contribution is 2.03. The van der Waals surface area contributed by atoms with Crippen LogP contribution in [0.1, 0.15) is 19.8 Å². The second-order valence-electron chi connectivity index (χ2n) is 2.11. The van der Waals surface area contributed by atoms with Gasteiger partial charge in [0.25, 0.3) is 6.47 Å². The molecule has 0 aromatic carbocycles. The van der Waals surface area contributed by atoms with Gasteiger partial charge >= 0.3 is 0 Å². The summed E-state index contributed by atoms with van der Waals surface area (Å²) >= 11 is 0. The Morgan fingerprint density at radius 2 is 2.30 bits per heavy atom. The van der Waals surface area contributed by atoms with Crippen molar-refractivity contribution in [2.45, 2.75) is 25.8 Å². The van der Waals surface area contributed by atoms with E-state index in [1.165, 1.54) is 0 Å². The molecule has 10 heavy (non-hydrogen) atoms. The van der Waals surface area contributed by atoms with Gasteiger partial charge in [0, 0.05) is 12.5 Å². The maximum Gasteiger partial charge on any atom is 0.290 e. The van der Waals surface area contributed by atoms with Gasteiger partial charge in [-0.25, -0.2) is 0 Å². The number of hydrogen-bond acceptors (Lipinski definition) is 2. The van der Waals surface area contributed by atoms with Crippen molar-refractivity contribution in [2.75, 3.05) is 0 Å². The average Bonchev–Trinajstić information content (AvgIpc) is 2.17. The summed E-state index contributed by atoms with van der Waals surface area (Å²) in [6.45, 7) is 1.77. The van der Waals surface area contributed by atoms with Gasteiger partial charge in [-0.1, -0.05) is 0 Å². The van der Waals surface area contributed by atoms with Crippen molar-refractivity contribution in [3.63, 3.8) is 0 Å². The SMILES string of the molecule is CC1CCC(=O)N1.O=CO. The van der Waals surface area contributed by atoms with Crippen molar-refractivity contribution in [1.82, 2.24) is 5.32 Å². The fourth-order valence-corrected chi connectivity index (χ4v) is 0.767. The Labute approximate surface area is 59.2 Å². The van der Waals surface area contributed by atoms with Crippen molar-refractivity contribution in [3.05, 3.63) is 0 Å². The zero-order valence-corrected chi connectivity index (χ0v) is 5.83. The van der Waals surface area contributed by atoms with E-state index in [0.29, 0.717) is 6.04 Å². The lowest BCUT2D eigenvalue weighted by atomic mass is 10.3. The summed E-state index contributed by atoms with van der Waals surface area (Å²) in [4.78, 5) is 18.7. The summed E-state index contributed by atoms with van der Waals surface area (Å²) in [7, 11) is 0. The van der Waals surface area contributed by atoms with Gasteiger partial charge in [-0.05, 0) is 13.3 Å². The Hall–Kier alpha value is -1.06. The first-order valence-corrected chi connectivity index (χ1v) is 3.08. The molecule has 1 aliphatic rings. The third kappa shape index (κ3) is 3.88. The molecule has 0 saturated carbocycles. The van der Waals surface area contributed by atoms with Crippen molar-refractivity contribution in [1.29, 1.82) is 0 Å². The minimum absolute atomic E-state index is 0.201. The molecule has 1 rings (SSSR count). The molecule has 0 radical (unpaired) electrons. The highest BCUT2D eigenvalue weighted by molar-refractivity contribution is 5.78. The van der Waals surface area contributed by atoms with Gasteiger partial charge in [0.15, 0.2) is 0 Å². The van der Waals surface area contributed by atoms with Crippen LogP contribution in [-0.2, 0) is 9.59 Å². The van der Waals surface area contributed by atoms with Crippen molar-refractivity contribution >= 4 is 12.4 Å². The van der Waals surface area contributed by atoms with Crippen LogP contribution in [0.2, 0.25) is 0 Å². The Morgan fingerprint density at radius 3 is 2.40 bits per heavy atom. The molecular formula is C6H11NO3. The fourth-order valence-electron chi connectivity index (χ4n) is 0.767. The Balaban J connectivity index is 0.000000236. The molecule has 58 valence electrons. The number of carboxylic acid groups (broad SMARTS) is 1. The highest BCUT2D eigenvalue weighted by Gasteiger charge is 2.14. The number of hydrogen-bond donors (Lipinski definition) is 2. The van der Waals surface area contributed by atoms with Gasteiger partial charge in [-0.15, -0.1) is 0 Å². The van der Waals surface area contributed by atoms with Gasteiger partial charge in [-0.2, -0.15) is 0 Å². The summed E-state index contributed by atoms with van der Waals surface area (Å²) in [5, 5.41) is 9.67. The molecule has 2 N–H and O–H groups in total. The number of amides is 1. The molecule has 0 spiro atoms. The minimum atomic E-state index is -0.250. The summed E-state index contributed by atoms with van der Waals surface area (Å²) in [5.41, 5.74) is 0. The molecule has 1 unspecified atom stereocenters. The zero-order chi connectivity index (χ0) is 7.98. The van der Waals surface area contributed by atoms with Gasteiger partial charge in [0.05, 0.1) is 0 Å². The van der Waals surface area contributed by atoms with Crippen LogP contribution in [0, 0.1) is 0 Å². The molecule has 1 aliphatic heterocycles. The molecule has 0 aromatic heterocycles. The van der Waals surface area contributed by atoms with Gasteiger partial charge in [0.2, 0.25) is 5.91 Å². The van der Waals surface area contributed by atoms with Gasteiger partial charge in [-0.3, -0.25) is 9.59 Å². The molecule has 0 aliphatic carbocycles. The lowest BCUT2D eigenvalue weighted by molar-refractivity contribution is -0.123. The zero-order valence-electron chi connectivity index (χ0n) is 5.83. The normalized spacial score (nSPS) is 22.5. The largest absolute Gasteiger partial charge is 0.483 e. The maximum atomic E-state index is 10.3. The molecule has 4 heteroatoms. The van der Waals surface area contributed by atoms with E-state index in [1.807, 2.05) is 6.92 Å². The summed E-state index contributed by atoms with van der Waals surface area (Å²) < 4.78 is 0. The van der Waals surface area contributed by atoms with E-state index in [-0.39, 0.29) is 12.4 Å². The Morgan fingerprint density at radius 1 is 1.80 bits per heavy atom. The molecule has 1 atom stereocenters. The molecular weight excluding hydrogens is 134 g/mol. The minimum Gasteiger partial charge on any atom is -0.483 e. The van der Waals surface area contributed by atoms with E-state index < -0.39 is 0 Å². The standard InChI is InChI=1S/C5H9NO.CH2O2/c1-4-2-3-5(7)6-4;2-1-3/h4H,2-3H2,1H3,(H,6,7);1H,(H,2,3). The lowest BCUT2D eigenvalue weighted by Crippen LogP contribution is -2.21. The lowest BCUT2D eigenvalue weighted by Gasteiger charge is -1.95. The van der Waals surface area contributed by atoms with E-state index in [1.54, 1.807) is 0 Å². The van der Waals surface area contributed by atoms with E-state index in [4.69, 9.17) is 9.90 Å². The van der Waals surface area contributed by atoms with Gasteiger partial charge in [0.1, 0.15) is 0 Å². The third-order valence-corrected chi connectivity index (χ3v) is 1.21. The fraction of sp³-hybridized carbons (Fsp3) is 0.667. The quantitative estimate of drug-likeness (QED) is 0.471. The van der Waals surface area contributed by atoms with Crippen LogP contribution in [0.25, 0.3) is 0 Å². The monoisotopic (exact) mass is 145 g/mol. The Bertz CT molecular complexity index is 124. The molecule has 1 heterocycles. The molecule has 0 bridgehead atoms. The third-order valence-electron chi connectivity index (χ3n) is 1.21. The summed E-state index contributed by atoms with van der Waals surface area (Å²) in [6.07, 6.45) is 1.74. The van der Waals surface area contributed by atoms with E-state index >= 15 is 0 Å². The smallest absolute Gasteiger partial charge is 0.290 e. The number of rotatable bonds is 0. The number of carbonyl (C=O) groups excluding carboxylic acids is 1. The average molecular weight is 145 g/mol. The number of nitrogens with one attached hydrogen (secondary N) is 1.